The highest BCUT2D eigenvalue weighted by Gasteiger charge is 2.33. The van der Waals surface area contributed by atoms with Gasteiger partial charge in [0, 0.05) is 12.6 Å². The van der Waals surface area contributed by atoms with Crippen molar-refractivity contribution < 1.29 is 14.3 Å². The first-order valence-corrected chi connectivity index (χ1v) is 5.96. The van der Waals surface area contributed by atoms with Crippen LogP contribution in [0.4, 0.5) is 0 Å². The van der Waals surface area contributed by atoms with Gasteiger partial charge in [-0.1, -0.05) is 0 Å². The number of hydrogen-bond acceptors (Lipinski definition) is 4. The highest BCUT2D eigenvalue weighted by Crippen LogP contribution is 2.12. The van der Waals surface area contributed by atoms with E-state index in [1.165, 1.54) is 0 Å². The molecule has 0 aromatic carbocycles. The summed E-state index contributed by atoms with van der Waals surface area (Å²) >= 11 is 0. The molecule has 1 unspecified atom stereocenters. The Hall–Kier alpha value is -1.10. The van der Waals surface area contributed by atoms with Crippen molar-refractivity contribution in [3.05, 3.63) is 0 Å². The minimum atomic E-state index is -0.497. The van der Waals surface area contributed by atoms with Crippen LogP contribution in [-0.4, -0.2) is 47.6 Å². The van der Waals surface area contributed by atoms with Crippen molar-refractivity contribution in [1.82, 2.24) is 10.2 Å². The molecule has 0 saturated carbocycles. The Morgan fingerprint density at radius 3 is 2.53 bits per heavy atom. The largest absolute Gasteiger partial charge is 0.459 e. The molecule has 98 valence electrons. The summed E-state index contributed by atoms with van der Waals surface area (Å²) in [6.07, 6.45) is 0. The Morgan fingerprint density at radius 2 is 2.06 bits per heavy atom. The van der Waals surface area contributed by atoms with E-state index in [2.05, 4.69) is 5.32 Å². The van der Waals surface area contributed by atoms with Crippen molar-refractivity contribution in [2.45, 2.75) is 52.3 Å². The molecule has 0 aromatic rings. The average Bonchev–Trinajstić information content (AvgIpc) is 2.14. The first-order chi connectivity index (χ1) is 7.70. The molecule has 5 heteroatoms. The average molecular weight is 242 g/mol. The normalized spacial score (nSPS) is 21.9. The summed E-state index contributed by atoms with van der Waals surface area (Å²) in [4.78, 5) is 25.2. The standard InChI is InChI=1S/C12H22N2O3/c1-8(2)14-7-9(13-6-10(14)15)11(16)17-12(3,4)5/h8-9,13H,6-7H2,1-5H3. The number of nitrogens with zero attached hydrogens (tertiary/aromatic N) is 1. The van der Waals surface area contributed by atoms with Gasteiger partial charge in [0.05, 0.1) is 6.54 Å². The van der Waals surface area contributed by atoms with E-state index in [4.69, 9.17) is 4.74 Å². The van der Waals surface area contributed by atoms with Crippen LogP contribution in [0.25, 0.3) is 0 Å². The maximum absolute atomic E-state index is 11.9. The summed E-state index contributed by atoms with van der Waals surface area (Å²) in [5.74, 6) is -0.268. The summed E-state index contributed by atoms with van der Waals surface area (Å²) in [5.41, 5.74) is -0.497. The maximum atomic E-state index is 11.9. The lowest BCUT2D eigenvalue weighted by Gasteiger charge is -2.36. The lowest BCUT2D eigenvalue weighted by Crippen LogP contribution is -2.59. The summed E-state index contributed by atoms with van der Waals surface area (Å²) < 4.78 is 5.30. The fraction of sp³-hybridized carbons (Fsp3) is 0.833. The molecular formula is C12H22N2O3. The molecule has 1 aliphatic rings. The molecule has 1 atom stereocenters. The Labute approximate surface area is 102 Å². The third-order valence-corrected chi connectivity index (χ3v) is 2.51. The minimum Gasteiger partial charge on any atom is -0.459 e. The van der Waals surface area contributed by atoms with Gasteiger partial charge in [-0.2, -0.15) is 0 Å². The summed E-state index contributed by atoms with van der Waals surface area (Å²) in [6, 6.07) is -0.316. The fourth-order valence-corrected chi connectivity index (χ4v) is 1.70. The molecule has 0 spiro atoms. The molecule has 5 nitrogen and oxygen atoms in total. The van der Waals surface area contributed by atoms with Crippen molar-refractivity contribution >= 4 is 11.9 Å². The van der Waals surface area contributed by atoms with Crippen molar-refractivity contribution in [2.75, 3.05) is 13.1 Å². The summed E-state index contributed by atoms with van der Waals surface area (Å²) in [5, 5.41) is 2.91. The van der Waals surface area contributed by atoms with Crippen molar-refractivity contribution in [3.63, 3.8) is 0 Å². The van der Waals surface area contributed by atoms with E-state index in [1.807, 2.05) is 34.6 Å². The Bertz CT molecular complexity index is 307. The van der Waals surface area contributed by atoms with Crippen molar-refractivity contribution in [2.24, 2.45) is 0 Å². The lowest BCUT2D eigenvalue weighted by molar-refractivity contribution is -0.160. The smallest absolute Gasteiger partial charge is 0.325 e. The van der Waals surface area contributed by atoms with Crippen molar-refractivity contribution in [3.8, 4) is 0 Å². The molecule has 1 heterocycles. The number of amides is 1. The van der Waals surface area contributed by atoms with E-state index in [9.17, 15) is 9.59 Å². The lowest BCUT2D eigenvalue weighted by atomic mass is 10.1. The van der Waals surface area contributed by atoms with Crippen LogP contribution in [0.5, 0.6) is 0 Å². The van der Waals surface area contributed by atoms with Crippen LogP contribution < -0.4 is 5.32 Å². The molecule has 1 rings (SSSR count). The third-order valence-electron chi connectivity index (χ3n) is 2.51. The minimum absolute atomic E-state index is 0.0276. The first-order valence-electron chi connectivity index (χ1n) is 5.96. The first kappa shape index (κ1) is 14.0. The molecule has 1 saturated heterocycles. The summed E-state index contributed by atoms with van der Waals surface area (Å²) in [6.45, 7) is 9.95. The number of carbonyl (C=O) groups is 2. The molecule has 0 bridgehead atoms. The third kappa shape index (κ3) is 4.00. The van der Waals surface area contributed by atoms with Gasteiger partial charge < -0.3 is 9.64 Å². The zero-order valence-corrected chi connectivity index (χ0v) is 11.2. The van der Waals surface area contributed by atoms with Crippen LogP contribution in [0.3, 0.4) is 0 Å². The van der Waals surface area contributed by atoms with Crippen LogP contribution in [0.15, 0.2) is 0 Å². The Morgan fingerprint density at radius 1 is 1.47 bits per heavy atom. The SMILES string of the molecule is CC(C)N1CC(C(=O)OC(C)(C)C)NCC1=O. The van der Waals surface area contributed by atoms with Gasteiger partial charge >= 0.3 is 5.97 Å². The van der Waals surface area contributed by atoms with Crippen LogP contribution in [0.2, 0.25) is 0 Å². The maximum Gasteiger partial charge on any atom is 0.325 e. The molecular weight excluding hydrogens is 220 g/mol. The fourth-order valence-electron chi connectivity index (χ4n) is 1.70. The molecule has 0 aromatic heterocycles. The molecule has 17 heavy (non-hydrogen) atoms. The Kier molecular flexibility index (Phi) is 4.14. The van der Waals surface area contributed by atoms with Gasteiger partial charge in [0.2, 0.25) is 5.91 Å². The predicted molar refractivity (Wildman–Crippen MR) is 64.5 cm³/mol. The number of rotatable bonds is 2. The van der Waals surface area contributed by atoms with Gasteiger partial charge in [-0.25, -0.2) is 0 Å². The topological polar surface area (TPSA) is 58.6 Å². The van der Waals surface area contributed by atoms with Crippen LogP contribution >= 0.6 is 0 Å². The molecule has 1 amide bonds. The number of nitrogens with one attached hydrogen (secondary N) is 1. The number of hydrogen-bond donors (Lipinski definition) is 1. The second-order valence-corrected chi connectivity index (χ2v) is 5.61. The monoisotopic (exact) mass is 242 g/mol. The number of piperazine rings is 1. The highest BCUT2D eigenvalue weighted by molar-refractivity contribution is 5.84. The summed E-state index contributed by atoms with van der Waals surface area (Å²) in [7, 11) is 0. The second kappa shape index (κ2) is 5.04. The molecule has 1 aliphatic heterocycles. The quantitative estimate of drug-likeness (QED) is 0.718. The highest BCUT2D eigenvalue weighted by atomic mass is 16.6. The number of ether oxygens (including phenoxy) is 1. The molecule has 1 N–H and O–H groups in total. The van der Waals surface area contributed by atoms with Gasteiger partial charge in [0.25, 0.3) is 0 Å². The van der Waals surface area contributed by atoms with E-state index < -0.39 is 11.6 Å². The molecule has 0 aliphatic carbocycles. The van der Waals surface area contributed by atoms with E-state index in [1.54, 1.807) is 4.90 Å². The van der Waals surface area contributed by atoms with Crippen molar-refractivity contribution in [1.29, 1.82) is 0 Å². The second-order valence-electron chi connectivity index (χ2n) is 5.61. The van der Waals surface area contributed by atoms with Gasteiger partial charge in [0.1, 0.15) is 11.6 Å². The zero-order valence-electron chi connectivity index (χ0n) is 11.2. The molecule has 0 radical (unpaired) electrons. The van der Waals surface area contributed by atoms with Gasteiger partial charge in [-0.3, -0.25) is 14.9 Å². The van der Waals surface area contributed by atoms with E-state index in [0.29, 0.717) is 6.54 Å². The van der Waals surface area contributed by atoms with Gasteiger partial charge in [-0.15, -0.1) is 0 Å². The zero-order chi connectivity index (χ0) is 13.2. The van der Waals surface area contributed by atoms with Crippen LogP contribution in [-0.2, 0) is 14.3 Å². The van der Waals surface area contributed by atoms with Crippen LogP contribution in [0.1, 0.15) is 34.6 Å². The molecule has 1 fully saturated rings. The van der Waals surface area contributed by atoms with Gasteiger partial charge in [0.15, 0.2) is 0 Å². The van der Waals surface area contributed by atoms with E-state index in [-0.39, 0.29) is 24.5 Å². The number of esters is 1. The van der Waals surface area contributed by atoms with E-state index in [0.717, 1.165) is 0 Å². The van der Waals surface area contributed by atoms with Crippen LogP contribution in [0, 0.1) is 0 Å². The number of carbonyl (C=O) groups excluding carboxylic acids is 2. The predicted octanol–water partition coefficient (Wildman–Crippen LogP) is 0.537. The van der Waals surface area contributed by atoms with Gasteiger partial charge in [-0.05, 0) is 34.6 Å². The Balaban J connectivity index is 2.62. The van der Waals surface area contributed by atoms with E-state index >= 15 is 0 Å².